The minimum absolute atomic E-state index is 0.377. The largest absolute Gasteiger partial charge is 0.376 e. The van der Waals surface area contributed by atoms with E-state index >= 15 is 0 Å². The first-order valence-electron chi connectivity index (χ1n) is 8.30. The Morgan fingerprint density at radius 1 is 1.48 bits per heavy atom. The summed E-state index contributed by atoms with van der Waals surface area (Å²) in [7, 11) is 0. The lowest BCUT2D eigenvalue weighted by atomic mass is 10.1. The molecular formula is C16H29N3OS. The van der Waals surface area contributed by atoms with Gasteiger partial charge in [0.05, 0.1) is 6.10 Å². The van der Waals surface area contributed by atoms with Crippen LogP contribution in [0, 0.1) is 0 Å². The Kier molecular flexibility index (Phi) is 6.93. The molecule has 120 valence electrons. The van der Waals surface area contributed by atoms with Crippen LogP contribution in [-0.4, -0.2) is 37.3 Å². The van der Waals surface area contributed by atoms with E-state index < -0.39 is 0 Å². The number of piperidine rings is 1. The van der Waals surface area contributed by atoms with Crippen LogP contribution in [0.5, 0.6) is 0 Å². The molecule has 1 saturated heterocycles. The van der Waals surface area contributed by atoms with E-state index in [4.69, 9.17) is 4.74 Å². The van der Waals surface area contributed by atoms with Gasteiger partial charge in [0.25, 0.3) is 0 Å². The van der Waals surface area contributed by atoms with Gasteiger partial charge >= 0.3 is 0 Å². The zero-order valence-electron chi connectivity index (χ0n) is 13.6. The number of hydrogen-bond donors (Lipinski definition) is 1. The van der Waals surface area contributed by atoms with Crippen molar-refractivity contribution in [2.75, 3.05) is 31.1 Å². The van der Waals surface area contributed by atoms with Crippen LogP contribution >= 0.6 is 11.3 Å². The summed E-state index contributed by atoms with van der Waals surface area (Å²) < 4.78 is 5.91. The molecule has 1 aromatic heterocycles. The van der Waals surface area contributed by atoms with E-state index in [0.717, 1.165) is 37.8 Å². The maximum absolute atomic E-state index is 5.91. The molecule has 1 fully saturated rings. The molecule has 2 rings (SSSR count). The van der Waals surface area contributed by atoms with Gasteiger partial charge in [0, 0.05) is 36.8 Å². The minimum atomic E-state index is 0.377. The molecule has 1 N–H and O–H groups in total. The van der Waals surface area contributed by atoms with Gasteiger partial charge in [0.1, 0.15) is 0 Å². The number of anilines is 1. The van der Waals surface area contributed by atoms with Gasteiger partial charge < -0.3 is 15.0 Å². The van der Waals surface area contributed by atoms with Crippen molar-refractivity contribution in [1.29, 1.82) is 0 Å². The van der Waals surface area contributed by atoms with Crippen LogP contribution < -0.4 is 10.2 Å². The van der Waals surface area contributed by atoms with Gasteiger partial charge in [0.2, 0.25) is 0 Å². The standard InChI is InChI=1S/C16H29N3OS/c1-4-8-17-13(3)15-11-18-16(21-15)19-9-6-7-14(12-19)20-10-5-2/h11,13-14,17H,4-10,12H2,1-3H3. The van der Waals surface area contributed by atoms with Crippen LogP contribution in [0.4, 0.5) is 5.13 Å². The zero-order valence-corrected chi connectivity index (χ0v) is 14.4. The Bertz CT molecular complexity index is 410. The van der Waals surface area contributed by atoms with Crippen molar-refractivity contribution < 1.29 is 4.74 Å². The van der Waals surface area contributed by atoms with Crippen molar-refractivity contribution >= 4 is 16.5 Å². The summed E-state index contributed by atoms with van der Waals surface area (Å²) in [6.07, 6.45) is 7.05. The summed E-state index contributed by atoms with van der Waals surface area (Å²) in [5.74, 6) is 0. The van der Waals surface area contributed by atoms with E-state index in [1.165, 1.54) is 24.1 Å². The quantitative estimate of drug-likeness (QED) is 0.796. The molecule has 0 aliphatic carbocycles. The summed E-state index contributed by atoms with van der Waals surface area (Å²) in [5, 5.41) is 4.68. The normalized spacial score (nSPS) is 20.7. The van der Waals surface area contributed by atoms with Crippen molar-refractivity contribution in [3.63, 3.8) is 0 Å². The second kappa shape index (κ2) is 8.71. The van der Waals surface area contributed by atoms with Gasteiger partial charge in [-0.3, -0.25) is 0 Å². The molecule has 1 aliphatic heterocycles. The highest BCUT2D eigenvalue weighted by Gasteiger charge is 2.23. The van der Waals surface area contributed by atoms with Gasteiger partial charge in [-0.2, -0.15) is 0 Å². The summed E-state index contributed by atoms with van der Waals surface area (Å²) in [4.78, 5) is 8.35. The molecule has 21 heavy (non-hydrogen) atoms. The van der Waals surface area contributed by atoms with Crippen molar-refractivity contribution in [2.45, 2.75) is 58.6 Å². The van der Waals surface area contributed by atoms with Crippen LogP contribution in [0.1, 0.15) is 57.4 Å². The van der Waals surface area contributed by atoms with E-state index in [2.05, 4.69) is 36.0 Å². The molecule has 0 spiro atoms. The number of aromatic nitrogens is 1. The molecule has 0 saturated carbocycles. The molecule has 0 amide bonds. The van der Waals surface area contributed by atoms with Crippen LogP contribution in [0.25, 0.3) is 0 Å². The summed E-state index contributed by atoms with van der Waals surface area (Å²) in [6, 6.07) is 0.396. The lowest BCUT2D eigenvalue weighted by Crippen LogP contribution is -2.39. The second-order valence-corrected chi connectivity index (χ2v) is 6.84. The van der Waals surface area contributed by atoms with Crippen LogP contribution in [0.3, 0.4) is 0 Å². The fourth-order valence-corrected chi connectivity index (χ4v) is 3.59. The molecule has 0 aromatic carbocycles. The first-order valence-corrected chi connectivity index (χ1v) is 9.11. The zero-order chi connectivity index (χ0) is 15.1. The van der Waals surface area contributed by atoms with Gasteiger partial charge in [-0.15, -0.1) is 11.3 Å². The number of ether oxygens (including phenoxy) is 1. The maximum atomic E-state index is 5.91. The molecule has 0 bridgehead atoms. The molecule has 0 radical (unpaired) electrons. The predicted octanol–water partition coefficient (Wildman–Crippen LogP) is 3.60. The fourth-order valence-electron chi connectivity index (χ4n) is 2.62. The average Bonchev–Trinajstić information content (AvgIpc) is 3.01. The average molecular weight is 311 g/mol. The van der Waals surface area contributed by atoms with Gasteiger partial charge in [-0.05, 0) is 39.2 Å². The fraction of sp³-hybridized carbons (Fsp3) is 0.812. The van der Waals surface area contributed by atoms with E-state index in [9.17, 15) is 0 Å². The first-order chi connectivity index (χ1) is 10.2. The van der Waals surface area contributed by atoms with Crippen LogP contribution in [0.2, 0.25) is 0 Å². The molecule has 2 atom stereocenters. The third-order valence-electron chi connectivity index (χ3n) is 3.85. The van der Waals surface area contributed by atoms with Gasteiger partial charge in [-0.25, -0.2) is 4.98 Å². The summed E-state index contributed by atoms with van der Waals surface area (Å²) in [6.45, 7) is 10.6. The molecule has 2 heterocycles. The monoisotopic (exact) mass is 311 g/mol. The van der Waals surface area contributed by atoms with Gasteiger partial charge in [-0.1, -0.05) is 13.8 Å². The molecule has 5 heteroatoms. The van der Waals surface area contributed by atoms with E-state index in [1.807, 2.05) is 17.5 Å². The van der Waals surface area contributed by atoms with Crippen LogP contribution in [-0.2, 0) is 4.74 Å². The molecule has 1 aromatic rings. The van der Waals surface area contributed by atoms with Crippen LogP contribution in [0.15, 0.2) is 6.20 Å². The SMILES string of the molecule is CCCNC(C)c1cnc(N2CCCC(OCCC)C2)s1. The Balaban J connectivity index is 1.90. The highest BCUT2D eigenvalue weighted by molar-refractivity contribution is 7.15. The topological polar surface area (TPSA) is 37.4 Å². The second-order valence-electron chi connectivity index (χ2n) is 5.80. The Labute approximate surface area is 132 Å². The highest BCUT2D eigenvalue weighted by atomic mass is 32.1. The first kappa shape index (κ1) is 16.7. The Morgan fingerprint density at radius 3 is 3.10 bits per heavy atom. The summed E-state index contributed by atoms with van der Waals surface area (Å²) >= 11 is 1.82. The number of rotatable bonds is 8. The predicted molar refractivity (Wildman–Crippen MR) is 90.3 cm³/mol. The van der Waals surface area contributed by atoms with Crippen molar-refractivity contribution in [3.8, 4) is 0 Å². The van der Waals surface area contributed by atoms with Crippen molar-refractivity contribution in [1.82, 2.24) is 10.3 Å². The van der Waals surface area contributed by atoms with E-state index in [0.29, 0.717) is 12.1 Å². The number of nitrogens with one attached hydrogen (secondary N) is 1. The lowest BCUT2D eigenvalue weighted by Gasteiger charge is -2.32. The number of hydrogen-bond acceptors (Lipinski definition) is 5. The number of thiazole rings is 1. The maximum Gasteiger partial charge on any atom is 0.185 e. The Hall–Kier alpha value is -0.650. The molecule has 1 aliphatic rings. The smallest absolute Gasteiger partial charge is 0.185 e. The minimum Gasteiger partial charge on any atom is -0.376 e. The van der Waals surface area contributed by atoms with Gasteiger partial charge in [0.15, 0.2) is 5.13 Å². The number of nitrogens with zero attached hydrogens (tertiary/aromatic N) is 2. The summed E-state index contributed by atoms with van der Waals surface area (Å²) in [5.41, 5.74) is 0. The third kappa shape index (κ3) is 4.94. The van der Waals surface area contributed by atoms with Crippen molar-refractivity contribution in [3.05, 3.63) is 11.1 Å². The molecular weight excluding hydrogens is 282 g/mol. The van der Waals surface area contributed by atoms with E-state index in [1.54, 1.807) is 0 Å². The third-order valence-corrected chi connectivity index (χ3v) is 5.09. The highest BCUT2D eigenvalue weighted by Crippen LogP contribution is 2.29. The van der Waals surface area contributed by atoms with Crippen molar-refractivity contribution in [2.24, 2.45) is 0 Å². The van der Waals surface area contributed by atoms with E-state index in [-0.39, 0.29) is 0 Å². The Morgan fingerprint density at radius 2 is 2.33 bits per heavy atom. The lowest BCUT2D eigenvalue weighted by molar-refractivity contribution is 0.0440. The molecule has 2 unspecified atom stereocenters. The molecule has 4 nitrogen and oxygen atoms in total.